The van der Waals surface area contributed by atoms with E-state index in [-0.39, 0.29) is 43.7 Å². The summed E-state index contributed by atoms with van der Waals surface area (Å²) in [7, 11) is 0. The minimum absolute atomic E-state index is 0. The van der Waals surface area contributed by atoms with Gasteiger partial charge in [-0.25, -0.2) is 0 Å². The van der Waals surface area contributed by atoms with Gasteiger partial charge in [-0.05, 0) is 31.6 Å². The molecule has 0 radical (unpaired) electrons. The van der Waals surface area contributed by atoms with Gasteiger partial charge in [-0.15, -0.1) is 0 Å². The summed E-state index contributed by atoms with van der Waals surface area (Å²) in [4.78, 5) is 23.5. The van der Waals surface area contributed by atoms with Crippen LogP contribution in [0.4, 0.5) is 0 Å². The van der Waals surface area contributed by atoms with Crippen molar-refractivity contribution in [1.29, 1.82) is 0 Å². The van der Waals surface area contributed by atoms with E-state index in [1.165, 1.54) is 0 Å². The molecule has 2 atom stereocenters. The van der Waals surface area contributed by atoms with Crippen LogP contribution in [0.15, 0.2) is 0 Å². The quantitative estimate of drug-likeness (QED) is 0.564. The predicted octanol–water partition coefficient (Wildman–Crippen LogP) is 0.642. The molecule has 0 spiro atoms. The molecule has 0 aromatic heterocycles. The van der Waals surface area contributed by atoms with Gasteiger partial charge in [0.15, 0.2) is 0 Å². The van der Waals surface area contributed by atoms with Gasteiger partial charge >= 0.3 is 37.7 Å². The Kier molecular flexibility index (Phi) is 8.00. The molecule has 0 aromatic carbocycles. The van der Waals surface area contributed by atoms with Crippen molar-refractivity contribution in [3.05, 3.63) is 0 Å². The number of hydrogen-bond acceptors (Lipinski definition) is 4. The second-order valence-corrected chi connectivity index (χ2v) is 6.49. The third-order valence-electron chi connectivity index (χ3n) is 5.45. The summed E-state index contributed by atoms with van der Waals surface area (Å²) in [5.41, 5.74) is -1.19. The SMILES string of the molecule is O=C([O-])C1CCCCCC1(C(=O)[O-])C1CCCCCC1.[Ca+2]. The standard InChI is InChI=1S/C16H26O4.Ca/c17-14(18)13-10-6-3-7-11-16(13,15(19)20)12-8-4-1-2-5-9-12;/h12-13H,1-11H2,(H,17,18)(H,19,20);/q;+2/p-2. The van der Waals surface area contributed by atoms with Crippen molar-refractivity contribution < 1.29 is 19.8 Å². The first kappa shape index (κ1) is 19.2. The second kappa shape index (κ2) is 8.73. The molecule has 5 heteroatoms. The third-order valence-corrected chi connectivity index (χ3v) is 5.45. The van der Waals surface area contributed by atoms with Gasteiger partial charge in [0.25, 0.3) is 0 Å². The van der Waals surface area contributed by atoms with Crippen LogP contribution in [0.5, 0.6) is 0 Å². The van der Waals surface area contributed by atoms with Crippen molar-refractivity contribution in [3.8, 4) is 0 Å². The van der Waals surface area contributed by atoms with Crippen LogP contribution in [-0.4, -0.2) is 49.7 Å². The van der Waals surface area contributed by atoms with E-state index in [0.717, 1.165) is 57.8 Å². The van der Waals surface area contributed by atoms with Crippen LogP contribution in [0, 0.1) is 17.3 Å². The number of carbonyl (C=O) groups excluding carboxylic acids is 2. The zero-order valence-corrected chi connectivity index (χ0v) is 15.0. The Bertz CT molecular complexity index is 363. The molecule has 0 bridgehead atoms. The van der Waals surface area contributed by atoms with E-state index in [9.17, 15) is 19.8 Å². The zero-order chi connectivity index (χ0) is 14.6. The molecule has 0 aliphatic heterocycles. The monoisotopic (exact) mass is 320 g/mol. The number of carboxylic acids is 2. The average molecular weight is 320 g/mol. The van der Waals surface area contributed by atoms with Crippen LogP contribution < -0.4 is 10.2 Å². The van der Waals surface area contributed by atoms with E-state index in [4.69, 9.17) is 0 Å². The minimum atomic E-state index is -1.19. The van der Waals surface area contributed by atoms with Gasteiger partial charge in [0.05, 0.1) is 0 Å². The van der Waals surface area contributed by atoms with Crippen molar-refractivity contribution in [2.45, 2.75) is 70.6 Å². The van der Waals surface area contributed by atoms with E-state index in [1.807, 2.05) is 0 Å². The fraction of sp³-hybridized carbons (Fsp3) is 0.875. The molecule has 2 unspecified atom stereocenters. The number of rotatable bonds is 3. The van der Waals surface area contributed by atoms with E-state index in [2.05, 4.69) is 0 Å². The Labute approximate surface area is 156 Å². The molecule has 0 N–H and O–H groups in total. The van der Waals surface area contributed by atoms with Gasteiger partial charge < -0.3 is 19.8 Å². The molecule has 114 valence electrons. The van der Waals surface area contributed by atoms with Gasteiger partial charge in [0.1, 0.15) is 0 Å². The molecule has 0 heterocycles. The molecule has 0 saturated heterocycles. The second-order valence-electron chi connectivity index (χ2n) is 6.49. The van der Waals surface area contributed by atoms with E-state index in [1.54, 1.807) is 0 Å². The smallest absolute Gasteiger partial charge is 0.550 e. The number of aliphatic carboxylic acids is 2. The minimum Gasteiger partial charge on any atom is -0.550 e. The maximum atomic E-state index is 12.0. The van der Waals surface area contributed by atoms with Crippen LogP contribution in [0.25, 0.3) is 0 Å². The van der Waals surface area contributed by atoms with E-state index >= 15 is 0 Å². The molecular formula is C16H24CaO4. The van der Waals surface area contributed by atoms with E-state index < -0.39 is 23.3 Å². The first-order valence-electron chi connectivity index (χ1n) is 8.01. The molecule has 2 rings (SSSR count). The Balaban J connectivity index is 0.00000220. The molecular weight excluding hydrogens is 296 g/mol. The Morgan fingerprint density at radius 2 is 1.33 bits per heavy atom. The summed E-state index contributed by atoms with van der Waals surface area (Å²) in [6.07, 6.45) is 9.21. The van der Waals surface area contributed by atoms with Gasteiger partial charge in [0.2, 0.25) is 0 Å². The zero-order valence-electron chi connectivity index (χ0n) is 12.8. The molecule has 0 aromatic rings. The Morgan fingerprint density at radius 3 is 1.86 bits per heavy atom. The summed E-state index contributed by atoms with van der Waals surface area (Å²) in [5, 5.41) is 23.5. The van der Waals surface area contributed by atoms with Crippen LogP contribution in [0.2, 0.25) is 0 Å². The molecule has 4 nitrogen and oxygen atoms in total. The van der Waals surface area contributed by atoms with Gasteiger partial charge in [-0.2, -0.15) is 0 Å². The van der Waals surface area contributed by atoms with Gasteiger partial charge in [-0.1, -0.05) is 44.9 Å². The van der Waals surface area contributed by atoms with Gasteiger partial charge in [0, 0.05) is 23.3 Å². The number of hydrogen-bond donors (Lipinski definition) is 0. The van der Waals surface area contributed by atoms with Crippen LogP contribution in [0.1, 0.15) is 70.6 Å². The summed E-state index contributed by atoms with van der Waals surface area (Å²) >= 11 is 0. The normalized spacial score (nSPS) is 31.5. The van der Waals surface area contributed by atoms with Gasteiger partial charge in [-0.3, -0.25) is 0 Å². The first-order valence-corrected chi connectivity index (χ1v) is 8.01. The fourth-order valence-electron chi connectivity index (χ4n) is 4.40. The maximum absolute atomic E-state index is 12.0. The number of carboxylic acid groups (broad SMARTS) is 2. The Hall–Kier alpha value is 0.200. The summed E-state index contributed by atoms with van der Waals surface area (Å²) in [6.45, 7) is 0. The molecule has 21 heavy (non-hydrogen) atoms. The summed E-state index contributed by atoms with van der Waals surface area (Å²) in [6, 6.07) is 0. The first-order chi connectivity index (χ1) is 9.59. The topological polar surface area (TPSA) is 80.3 Å². The largest absolute Gasteiger partial charge is 2.00 e. The van der Waals surface area contributed by atoms with Crippen molar-refractivity contribution in [1.82, 2.24) is 0 Å². The summed E-state index contributed by atoms with van der Waals surface area (Å²) < 4.78 is 0. The van der Waals surface area contributed by atoms with Crippen LogP contribution in [0.3, 0.4) is 0 Å². The number of carbonyl (C=O) groups is 2. The van der Waals surface area contributed by atoms with Crippen molar-refractivity contribution in [3.63, 3.8) is 0 Å². The molecule has 2 fully saturated rings. The van der Waals surface area contributed by atoms with E-state index in [0.29, 0.717) is 12.8 Å². The molecule has 2 saturated carbocycles. The van der Waals surface area contributed by atoms with Crippen molar-refractivity contribution >= 4 is 49.7 Å². The summed E-state index contributed by atoms with van der Waals surface area (Å²) in [5.74, 6) is -3.28. The molecule has 0 amide bonds. The average Bonchev–Trinajstić information content (AvgIpc) is 2.79. The van der Waals surface area contributed by atoms with Crippen molar-refractivity contribution in [2.24, 2.45) is 17.3 Å². The molecule has 2 aliphatic rings. The maximum Gasteiger partial charge on any atom is 2.00 e. The van der Waals surface area contributed by atoms with Crippen molar-refractivity contribution in [2.75, 3.05) is 0 Å². The fourth-order valence-corrected chi connectivity index (χ4v) is 4.40. The van der Waals surface area contributed by atoms with Crippen LogP contribution in [-0.2, 0) is 9.59 Å². The molecule has 2 aliphatic carbocycles. The Morgan fingerprint density at radius 1 is 0.810 bits per heavy atom. The third kappa shape index (κ3) is 4.14. The predicted molar refractivity (Wildman–Crippen MR) is 76.0 cm³/mol. The van der Waals surface area contributed by atoms with Crippen LogP contribution >= 0.6 is 0 Å².